The molecule has 1 atom stereocenters. The molecule has 4 heteroatoms. The van der Waals surface area contributed by atoms with Gasteiger partial charge in [-0.25, -0.2) is 0 Å². The Bertz CT molecular complexity index is 229. The molecule has 1 rings (SSSR count). The number of methoxy groups -OCH3 is 2. The molecule has 0 saturated carbocycles. The Morgan fingerprint density at radius 1 is 1.35 bits per heavy atom. The van der Waals surface area contributed by atoms with Gasteiger partial charge in [0.2, 0.25) is 5.91 Å². The fourth-order valence-electron chi connectivity index (χ4n) is 2.41. The van der Waals surface area contributed by atoms with Crippen molar-refractivity contribution in [1.29, 1.82) is 0 Å². The summed E-state index contributed by atoms with van der Waals surface area (Å²) in [5.41, 5.74) is 0. The topological polar surface area (TPSA) is 38.8 Å². The molecule has 0 aromatic carbocycles. The van der Waals surface area contributed by atoms with E-state index in [1.165, 1.54) is 12.8 Å². The summed E-state index contributed by atoms with van der Waals surface area (Å²) in [6.45, 7) is 3.59. The summed E-state index contributed by atoms with van der Waals surface area (Å²) >= 11 is 0. The largest absolute Gasteiger partial charge is 0.354 e. The van der Waals surface area contributed by atoms with E-state index in [9.17, 15) is 4.79 Å². The van der Waals surface area contributed by atoms with Crippen molar-refractivity contribution in [2.24, 2.45) is 5.92 Å². The van der Waals surface area contributed by atoms with Gasteiger partial charge in [-0.2, -0.15) is 0 Å². The van der Waals surface area contributed by atoms with E-state index in [4.69, 9.17) is 9.47 Å². The number of nitrogens with zero attached hydrogens (tertiary/aromatic N) is 1. The minimum absolute atomic E-state index is 0.239. The number of hydrogen-bond acceptors (Lipinski definition) is 3. The average Bonchev–Trinajstić information content (AvgIpc) is 2.51. The molecular weight excluding hydrogens is 218 g/mol. The number of hydrogen-bond donors (Lipinski definition) is 0. The van der Waals surface area contributed by atoms with Crippen molar-refractivity contribution in [3.8, 4) is 0 Å². The second-order valence-electron chi connectivity index (χ2n) is 4.72. The van der Waals surface area contributed by atoms with Gasteiger partial charge in [-0.3, -0.25) is 4.79 Å². The third-order valence-corrected chi connectivity index (χ3v) is 3.52. The number of amides is 1. The highest BCUT2D eigenvalue weighted by molar-refractivity contribution is 5.76. The predicted octanol–water partition coefficient (Wildman–Crippen LogP) is 2.03. The number of likely N-dealkylation sites (tertiary alicyclic amines) is 1. The molecule has 0 radical (unpaired) electrons. The minimum Gasteiger partial charge on any atom is -0.354 e. The Balaban J connectivity index is 2.46. The molecule has 1 saturated heterocycles. The van der Waals surface area contributed by atoms with Gasteiger partial charge < -0.3 is 14.4 Å². The first-order chi connectivity index (χ1) is 8.21. The van der Waals surface area contributed by atoms with Gasteiger partial charge in [-0.1, -0.05) is 19.8 Å². The SMILES string of the molecule is CCCC1CCC(=O)N(CC(OC)OC)CC1. The lowest BCUT2D eigenvalue weighted by molar-refractivity contribution is -0.144. The van der Waals surface area contributed by atoms with E-state index >= 15 is 0 Å². The van der Waals surface area contributed by atoms with Crippen LogP contribution in [0.15, 0.2) is 0 Å². The van der Waals surface area contributed by atoms with Gasteiger partial charge in [0.05, 0.1) is 6.54 Å². The van der Waals surface area contributed by atoms with Crippen molar-refractivity contribution in [3.63, 3.8) is 0 Å². The van der Waals surface area contributed by atoms with Crippen molar-refractivity contribution in [2.45, 2.75) is 45.3 Å². The van der Waals surface area contributed by atoms with Gasteiger partial charge in [0.15, 0.2) is 6.29 Å². The first-order valence-electron chi connectivity index (χ1n) is 6.54. The maximum Gasteiger partial charge on any atom is 0.222 e. The standard InChI is InChI=1S/C13H25NO3/c1-4-5-11-6-7-12(15)14(9-8-11)10-13(16-2)17-3/h11,13H,4-10H2,1-3H3. The Hall–Kier alpha value is -0.610. The van der Waals surface area contributed by atoms with Crippen LogP contribution >= 0.6 is 0 Å². The molecule has 17 heavy (non-hydrogen) atoms. The summed E-state index contributed by atoms with van der Waals surface area (Å²) < 4.78 is 10.3. The van der Waals surface area contributed by atoms with Crippen LogP contribution in [0.2, 0.25) is 0 Å². The molecule has 0 N–H and O–H groups in total. The van der Waals surface area contributed by atoms with Crippen molar-refractivity contribution in [3.05, 3.63) is 0 Å². The molecule has 1 amide bonds. The molecule has 1 fully saturated rings. The lowest BCUT2D eigenvalue weighted by atomic mass is 9.96. The van der Waals surface area contributed by atoms with Gasteiger partial charge in [0, 0.05) is 27.2 Å². The summed E-state index contributed by atoms with van der Waals surface area (Å²) in [5, 5.41) is 0. The molecule has 1 unspecified atom stereocenters. The summed E-state index contributed by atoms with van der Waals surface area (Å²) in [6.07, 6.45) is 4.96. The first-order valence-corrected chi connectivity index (χ1v) is 6.54. The second-order valence-corrected chi connectivity index (χ2v) is 4.72. The summed E-state index contributed by atoms with van der Waals surface area (Å²) in [7, 11) is 3.21. The van der Waals surface area contributed by atoms with E-state index in [1.54, 1.807) is 14.2 Å². The van der Waals surface area contributed by atoms with E-state index in [0.29, 0.717) is 18.9 Å². The normalized spacial score (nSPS) is 22.0. The summed E-state index contributed by atoms with van der Waals surface area (Å²) in [6, 6.07) is 0. The van der Waals surface area contributed by atoms with Crippen LogP contribution < -0.4 is 0 Å². The van der Waals surface area contributed by atoms with Crippen LogP contribution in [0.4, 0.5) is 0 Å². The second kappa shape index (κ2) is 7.67. The number of ether oxygens (including phenoxy) is 2. The number of carbonyl (C=O) groups excluding carboxylic acids is 1. The highest BCUT2D eigenvalue weighted by atomic mass is 16.7. The summed E-state index contributed by atoms with van der Waals surface area (Å²) in [4.78, 5) is 13.8. The maximum absolute atomic E-state index is 11.9. The first kappa shape index (κ1) is 14.5. The third kappa shape index (κ3) is 4.64. The lowest BCUT2D eigenvalue weighted by Gasteiger charge is -2.25. The molecule has 0 bridgehead atoms. The monoisotopic (exact) mass is 243 g/mol. The Kier molecular flexibility index (Phi) is 6.52. The van der Waals surface area contributed by atoms with Gasteiger partial charge in [0.25, 0.3) is 0 Å². The minimum atomic E-state index is -0.304. The lowest BCUT2D eigenvalue weighted by Crippen LogP contribution is -2.38. The summed E-state index contributed by atoms with van der Waals surface area (Å²) in [5.74, 6) is 0.945. The van der Waals surface area contributed by atoms with Crippen molar-refractivity contribution < 1.29 is 14.3 Å². The molecule has 1 aliphatic heterocycles. The van der Waals surface area contributed by atoms with Crippen molar-refractivity contribution >= 4 is 5.91 Å². The Morgan fingerprint density at radius 2 is 2.06 bits per heavy atom. The van der Waals surface area contributed by atoms with Gasteiger partial charge in [0.1, 0.15) is 0 Å². The molecule has 0 aromatic heterocycles. The molecule has 100 valence electrons. The third-order valence-electron chi connectivity index (χ3n) is 3.52. The number of rotatable bonds is 6. The fraction of sp³-hybridized carbons (Fsp3) is 0.923. The van der Waals surface area contributed by atoms with E-state index in [2.05, 4.69) is 6.92 Å². The maximum atomic E-state index is 11.9. The number of carbonyl (C=O) groups is 1. The highest BCUT2D eigenvalue weighted by Gasteiger charge is 2.24. The van der Waals surface area contributed by atoms with E-state index in [1.807, 2.05) is 4.90 Å². The molecule has 0 aromatic rings. The zero-order valence-corrected chi connectivity index (χ0v) is 11.3. The van der Waals surface area contributed by atoms with E-state index in [-0.39, 0.29) is 12.2 Å². The smallest absolute Gasteiger partial charge is 0.222 e. The Labute approximate surface area is 104 Å². The molecule has 0 spiro atoms. The van der Waals surface area contributed by atoms with Gasteiger partial charge in [-0.15, -0.1) is 0 Å². The van der Waals surface area contributed by atoms with Crippen LogP contribution in [-0.2, 0) is 14.3 Å². The van der Waals surface area contributed by atoms with Gasteiger partial charge >= 0.3 is 0 Å². The van der Waals surface area contributed by atoms with Crippen molar-refractivity contribution in [2.75, 3.05) is 27.3 Å². The highest BCUT2D eigenvalue weighted by Crippen LogP contribution is 2.22. The quantitative estimate of drug-likeness (QED) is 0.670. The Morgan fingerprint density at radius 3 is 2.65 bits per heavy atom. The molecule has 0 aliphatic carbocycles. The van der Waals surface area contributed by atoms with E-state index in [0.717, 1.165) is 19.4 Å². The van der Waals surface area contributed by atoms with Crippen LogP contribution in [0.25, 0.3) is 0 Å². The van der Waals surface area contributed by atoms with Gasteiger partial charge in [-0.05, 0) is 18.8 Å². The van der Waals surface area contributed by atoms with Crippen LogP contribution in [0.3, 0.4) is 0 Å². The van der Waals surface area contributed by atoms with E-state index < -0.39 is 0 Å². The van der Waals surface area contributed by atoms with Crippen LogP contribution in [0.1, 0.15) is 39.0 Å². The molecule has 4 nitrogen and oxygen atoms in total. The molecule has 1 aliphatic rings. The molecular formula is C13H25NO3. The fourth-order valence-corrected chi connectivity index (χ4v) is 2.41. The zero-order chi connectivity index (χ0) is 12.7. The van der Waals surface area contributed by atoms with Crippen LogP contribution in [-0.4, -0.2) is 44.4 Å². The zero-order valence-electron chi connectivity index (χ0n) is 11.3. The van der Waals surface area contributed by atoms with Crippen LogP contribution in [0, 0.1) is 5.92 Å². The molecule has 1 heterocycles. The van der Waals surface area contributed by atoms with Crippen molar-refractivity contribution in [1.82, 2.24) is 4.90 Å². The predicted molar refractivity (Wildman–Crippen MR) is 66.6 cm³/mol. The average molecular weight is 243 g/mol. The van der Waals surface area contributed by atoms with Crippen LogP contribution in [0.5, 0.6) is 0 Å².